The monoisotopic (exact) mass is 314 g/mol. The highest BCUT2D eigenvalue weighted by molar-refractivity contribution is 7.80. The second-order valence-electron chi connectivity index (χ2n) is 5.14. The number of carbonyl (C=O) groups is 2. The van der Waals surface area contributed by atoms with E-state index in [-0.39, 0.29) is 23.6 Å². The number of thiocarbonyl (C=S) groups is 1. The molecule has 0 heterocycles. The maximum Gasteiger partial charge on any atom is 0.174 e. The first-order chi connectivity index (χ1) is 10.5. The van der Waals surface area contributed by atoms with E-state index in [9.17, 15) is 9.59 Å². The van der Waals surface area contributed by atoms with Crippen molar-refractivity contribution in [2.75, 3.05) is 6.61 Å². The van der Waals surface area contributed by atoms with Gasteiger partial charge in [0.05, 0.1) is 18.1 Å². The maximum atomic E-state index is 12.3. The number of carbonyl (C=O) groups excluding carboxylic acids is 2. The summed E-state index contributed by atoms with van der Waals surface area (Å²) < 4.78 is 5.57. The predicted octanol–water partition coefficient (Wildman–Crippen LogP) is 3.66. The molecule has 0 bridgehead atoms. The summed E-state index contributed by atoms with van der Waals surface area (Å²) in [6, 6.07) is 5.55. The van der Waals surface area contributed by atoms with Gasteiger partial charge in [-0.3, -0.25) is 9.59 Å². The van der Waals surface area contributed by atoms with Gasteiger partial charge in [-0.05, 0) is 30.7 Å². The second-order valence-corrected chi connectivity index (χ2v) is 5.67. The highest BCUT2D eigenvalue weighted by atomic mass is 32.1. The summed E-state index contributed by atoms with van der Waals surface area (Å²) in [6.07, 6.45) is 3.47. The van der Waals surface area contributed by atoms with E-state index in [4.69, 9.17) is 17.0 Å². The molecule has 0 amide bonds. The van der Waals surface area contributed by atoms with Crippen LogP contribution in [-0.2, 0) is 9.59 Å². The van der Waals surface area contributed by atoms with Crippen molar-refractivity contribution in [3.8, 4) is 5.75 Å². The fourth-order valence-corrected chi connectivity index (χ4v) is 2.56. The Morgan fingerprint density at radius 1 is 1.41 bits per heavy atom. The topological polar surface area (TPSA) is 43.4 Å². The first-order valence-electron chi connectivity index (χ1n) is 7.19. The van der Waals surface area contributed by atoms with E-state index >= 15 is 0 Å². The molecule has 1 aromatic carbocycles. The zero-order chi connectivity index (χ0) is 16.3. The molecule has 1 saturated carbocycles. The van der Waals surface area contributed by atoms with E-state index in [1.807, 2.05) is 25.1 Å². The van der Waals surface area contributed by atoms with Crippen LogP contribution >= 0.6 is 12.2 Å². The lowest BCUT2D eigenvalue weighted by molar-refractivity contribution is -0.122. The van der Waals surface area contributed by atoms with Crippen molar-refractivity contribution in [2.24, 2.45) is 5.92 Å². The number of hydrogen-bond donors (Lipinski definition) is 0. The first kappa shape index (κ1) is 16.3. The molecule has 1 aliphatic rings. The van der Waals surface area contributed by atoms with Gasteiger partial charge in [-0.2, -0.15) is 0 Å². The lowest BCUT2D eigenvalue weighted by Gasteiger charge is -2.20. The Labute approximate surface area is 135 Å². The number of ketones is 2. The molecule has 1 atom stereocenters. The second kappa shape index (κ2) is 6.79. The minimum Gasteiger partial charge on any atom is -0.493 e. The fraction of sp³-hybridized carbons (Fsp3) is 0.278. The SMILES string of the molecule is C=Cc1ccc(OCC)c(/C=C2/C(=O)CC(=S)C(C)C2=O)c1. The Morgan fingerprint density at radius 2 is 2.14 bits per heavy atom. The van der Waals surface area contributed by atoms with Crippen LogP contribution < -0.4 is 4.74 Å². The molecule has 22 heavy (non-hydrogen) atoms. The summed E-state index contributed by atoms with van der Waals surface area (Å²) >= 11 is 5.10. The van der Waals surface area contributed by atoms with Gasteiger partial charge in [0.1, 0.15) is 5.75 Å². The van der Waals surface area contributed by atoms with Gasteiger partial charge in [0.2, 0.25) is 0 Å². The van der Waals surface area contributed by atoms with Gasteiger partial charge < -0.3 is 4.74 Å². The molecule has 114 valence electrons. The number of benzene rings is 1. The van der Waals surface area contributed by atoms with E-state index in [1.54, 1.807) is 19.1 Å². The zero-order valence-corrected chi connectivity index (χ0v) is 13.5. The van der Waals surface area contributed by atoms with Crippen molar-refractivity contribution < 1.29 is 14.3 Å². The van der Waals surface area contributed by atoms with Crippen molar-refractivity contribution in [1.29, 1.82) is 0 Å². The molecule has 2 rings (SSSR count). The molecule has 1 unspecified atom stereocenters. The summed E-state index contributed by atoms with van der Waals surface area (Å²) in [5, 5.41) is 0. The fourth-order valence-electron chi connectivity index (χ4n) is 2.32. The van der Waals surface area contributed by atoms with E-state index in [1.165, 1.54) is 0 Å². The quantitative estimate of drug-likeness (QED) is 0.483. The minimum absolute atomic E-state index is 0.152. The lowest BCUT2D eigenvalue weighted by Crippen LogP contribution is -2.32. The van der Waals surface area contributed by atoms with Gasteiger partial charge in [-0.15, -0.1) is 0 Å². The zero-order valence-electron chi connectivity index (χ0n) is 12.7. The molecule has 0 aliphatic heterocycles. The minimum atomic E-state index is -0.392. The lowest BCUT2D eigenvalue weighted by atomic mass is 9.83. The molecule has 1 aromatic rings. The molecule has 1 aliphatic carbocycles. The van der Waals surface area contributed by atoms with Crippen molar-refractivity contribution in [3.05, 3.63) is 41.5 Å². The number of ether oxygens (including phenoxy) is 1. The van der Waals surface area contributed by atoms with Crippen LogP contribution in [0.1, 0.15) is 31.4 Å². The van der Waals surface area contributed by atoms with Gasteiger partial charge in [0.15, 0.2) is 11.6 Å². The van der Waals surface area contributed by atoms with Crippen molar-refractivity contribution >= 4 is 40.8 Å². The van der Waals surface area contributed by atoms with Gasteiger partial charge in [0, 0.05) is 16.8 Å². The van der Waals surface area contributed by atoms with Crippen LogP contribution in [0.2, 0.25) is 0 Å². The molecule has 4 heteroatoms. The molecule has 3 nitrogen and oxygen atoms in total. The van der Waals surface area contributed by atoms with Crippen LogP contribution in [0.5, 0.6) is 5.75 Å². The highest BCUT2D eigenvalue weighted by Crippen LogP contribution is 2.28. The number of hydrogen-bond acceptors (Lipinski definition) is 4. The number of rotatable bonds is 4. The van der Waals surface area contributed by atoms with Crippen LogP contribution in [0.25, 0.3) is 12.2 Å². The van der Waals surface area contributed by atoms with Gasteiger partial charge in [-0.25, -0.2) is 0 Å². The van der Waals surface area contributed by atoms with E-state index in [0.29, 0.717) is 22.8 Å². The Hall–Kier alpha value is -2.07. The average Bonchev–Trinajstić information content (AvgIpc) is 2.51. The third kappa shape index (κ3) is 3.22. The number of Topliss-reactive ketones (excluding diaryl/α,β-unsaturated/α-hetero) is 2. The molecule has 0 saturated heterocycles. The Morgan fingerprint density at radius 3 is 2.77 bits per heavy atom. The Bertz CT molecular complexity index is 686. The van der Waals surface area contributed by atoms with Crippen LogP contribution in [-0.4, -0.2) is 23.0 Å². The summed E-state index contributed by atoms with van der Waals surface area (Å²) in [5.41, 5.74) is 1.80. The molecule has 1 fully saturated rings. The van der Waals surface area contributed by atoms with Crippen LogP contribution in [0, 0.1) is 5.92 Å². The summed E-state index contributed by atoms with van der Waals surface area (Å²) in [7, 11) is 0. The van der Waals surface area contributed by atoms with Crippen LogP contribution in [0.15, 0.2) is 30.4 Å². The van der Waals surface area contributed by atoms with Crippen LogP contribution in [0.4, 0.5) is 0 Å². The molecular weight excluding hydrogens is 296 g/mol. The number of allylic oxidation sites excluding steroid dienone is 1. The first-order valence-corrected chi connectivity index (χ1v) is 7.59. The maximum absolute atomic E-state index is 12.3. The van der Waals surface area contributed by atoms with Gasteiger partial charge in [0.25, 0.3) is 0 Å². The predicted molar refractivity (Wildman–Crippen MR) is 92.1 cm³/mol. The molecular formula is C18H18O3S. The third-order valence-corrected chi connectivity index (χ3v) is 4.14. The third-order valence-electron chi connectivity index (χ3n) is 3.65. The standard InChI is InChI=1S/C18H18O3S/c1-4-12-6-7-16(21-5-2)13(8-12)9-14-15(19)10-17(22)11(3)18(14)20/h4,6-9,11H,1,5,10H2,2-3H3/b14-9-. The molecule has 0 spiro atoms. The molecule has 0 aromatic heterocycles. The highest BCUT2D eigenvalue weighted by Gasteiger charge is 2.33. The summed E-state index contributed by atoms with van der Waals surface area (Å²) in [4.78, 5) is 25.0. The van der Waals surface area contributed by atoms with Gasteiger partial charge >= 0.3 is 0 Å². The van der Waals surface area contributed by atoms with Crippen molar-refractivity contribution in [1.82, 2.24) is 0 Å². The smallest absolute Gasteiger partial charge is 0.174 e. The average molecular weight is 314 g/mol. The van der Waals surface area contributed by atoms with E-state index in [0.717, 1.165) is 5.56 Å². The normalized spacial score (nSPS) is 20.4. The Balaban J connectivity index is 2.50. The Kier molecular flexibility index (Phi) is 5.03. The van der Waals surface area contributed by atoms with Crippen molar-refractivity contribution in [3.63, 3.8) is 0 Å². The van der Waals surface area contributed by atoms with Gasteiger partial charge in [-0.1, -0.05) is 37.9 Å². The summed E-state index contributed by atoms with van der Waals surface area (Å²) in [6.45, 7) is 7.87. The van der Waals surface area contributed by atoms with E-state index < -0.39 is 5.92 Å². The van der Waals surface area contributed by atoms with Crippen LogP contribution in [0.3, 0.4) is 0 Å². The molecule has 0 radical (unpaired) electrons. The largest absolute Gasteiger partial charge is 0.493 e. The molecule has 0 N–H and O–H groups in total. The van der Waals surface area contributed by atoms with Crippen molar-refractivity contribution in [2.45, 2.75) is 20.3 Å². The summed E-state index contributed by atoms with van der Waals surface area (Å²) in [5.74, 6) is -0.189. The van der Waals surface area contributed by atoms with E-state index in [2.05, 4.69) is 6.58 Å².